The molecule has 2 aliphatic heterocycles. The fourth-order valence-electron chi connectivity index (χ4n) is 3.95. The van der Waals surface area contributed by atoms with Gasteiger partial charge in [0.15, 0.2) is 0 Å². The van der Waals surface area contributed by atoms with Crippen LogP contribution in [-0.2, 0) is 14.0 Å². The Kier molecular flexibility index (Phi) is 5.58. The first-order valence-electron chi connectivity index (χ1n) is 10.6. The van der Waals surface area contributed by atoms with Crippen molar-refractivity contribution >= 4 is 18.7 Å². The molecule has 2 saturated heterocycles. The number of aryl methyl sites for hydroxylation is 1. The number of rotatable bonds is 2. The normalized spacial score (nSPS) is 22.2. The minimum Gasteiger partial charge on any atom is -0.444 e. The minimum atomic E-state index is -0.471. The highest BCUT2D eigenvalue weighted by atomic mass is 16.7. The van der Waals surface area contributed by atoms with Crippen molar-refractivity contribution in [1.29, 1.82) is 0 Å². The zero-order valence-electron chi connectivity index (χ0n) is 19.5. The van der Waals surface area contributed by atoms with E-state index < -0.39 is 12.7 Å². The predicted octanol–water partition coefficient (Wildman–Crippen LogP) is 3.37. The zero-order chi connectivity index (χ0) is 21.8. The molecule has 2 aliphatic rings. The number of nitrogens with zero attached hydrogens (tertiary/aromatic N) is 3. The standard InChI is InChI=1S/C21H36BN3O4/c1-14-17(22-28-20(6,7)21(8,9)29-22)15(2)25(23-14)16-10-12-24(13-11-16)18(26)27-19(3,4)5/h16H,10-13H2,1-9H3. The number of carbonyl (C=O) groups excluding carboxylic acids is 1. The first-order chi connectivity index (χ1) is 13.2. The number of carbonyl (C=O) groups is 1. The summed E-state index contributed by atoms with van der Waals surface area (Å²) in [5, 5.41) is 4.83. The van der Waals surface area contributed by atoms with Crippen molar-refractivity contribution in [3.05, 3.63) is 11.4 Å². The Labute approximate surface area is 175 Å². The summed E-state index contributed by atoms with van der Waals surface area (Å²) in [6.07, 6.45) is 1.47. The van der Waals surface area contributed by atoms with E-state index in [1.807, 2.05) is 27.7 Å². The third-order valence-corrected chi connectivity index (χ3v) is 6.33. The molecule has 0 radical (unpaired) electrons. The maximum atomic E-state index is 12.3. The van der Waals surface area contributed by atoms with E-state index in [9.17, 15) is 4.79 Å². The molecule has 0 aliphatic carbocycles. The van der Waals surface area contributed by atoms with E-state index in [4.69, 9.17) is 19.1 Å². The third kappa shape index (κ3) is 4.33. The number of piperidine rings is 1. The molecule has 1 amide bonds. The summed E-state index contributed by atoms with van der Waals surface area (Å²) >= 11 is 0. The van der Waals surface area contributed by atoms with E-state index in [1.165, 1.54) is 0 Å². The van der Waals surface area contributed by atoms with Crippen LogP contribution in [0.1, 0.15) is 78.7 Å². The molecule has 3 heterocycles. The molecule has 1 aromatic heterocycles. The molecule has 3 rings (SSSR count). The fourth-order valence-corrected chi connectivity index (χ4v) is 3.95. The second-order valence-electron chi connectivity index (χ2n) is 10.3. The number of ether oxygens (including phenoxy) is 1. The van der Waals surface area contributed by atoms with E-state index in [1.54, 1.807) is 4.90 Å². The highest BCUT2D eigenvalue weighted by Crippen LogP contribution is 2.37. The molecular weight excluding hydrogens is 369 g/mol. The third-order valence-electron chi connectivity index (χ3n) is 6.33. The summed E-state index contributed by atoms with van der Waals surface area (Å²) in [7, 11) is -0.407. The lowest BCUT2D eigenvalue weighted by atomic mass is 9.77. The lowest BCUT2D eigenvalue weighted by Gasteiger charge is -2.34. The van der Waals surface area contributed by atoms with Gasteiger partial charge in [-0.15, -0.1) is 0 Å². The van der Waals surface area contributed by atoms with E-state index in [2.05, 4.69) is 39.3 Å². The molecule has 0 unspecified atom stereocenters. The molecule has 0 aromatic carbocycles. The second-order valence-corrected chi connectivity index (χ2v) is 10.3. The molecule has 0 N–H and O–H groups in total. The van der Waals surface area contributed by atoms with Gasteiger partial charge in [0.1, 0.15) is 5.60 Å². The van der Waals surface area contributed by atoms with Crippen molar-refractivity contribution in [1.82, 2.24) is 14.7 Å². The summed E-state index contributed by atoms with van der Waals surface area (Å²) in [4.78, 5) is 14.1. The summed E-state index contributed by atoms with van der Waals surface area (Å²) in [6, 6.07) is 0.253. The average Bonchev–Trinajstić information content (AvgIpc) is 2.97. The number of likely N-dealkylation sites (tertiary alicyclic amines) is 1. The maximum absolute atomic E-state index is 12.3. The maximum Gasteiger partial charge on any atom is 0.498 e. The van der Waals surface area contributed by atoms with E-state index in [0.29, 0.717) is 13.1 Å². The van der Waals surface area contributed by atoms with Crippen LogP contribution in [0.25, 0.3) is 0 Å². The molecule has 0 spiro atoms. The van der Waals surface area contributed by atoms with Crippen molar-refractivity contribution in [2.24, 2.45) is 0 Å². The smallest absolute Gasteiger partial charge is 0.444 e. The van der Waals surface area contributed by atoms with E-state index in [-0.39, 0.29) is 23.3 Å². The van der Waals surface area contributed by atoms with Crippen LogP contribution in [0.4, 0.5) is 4.79 Å². The lowest BCUT2D eigenvalue weighted by Crippen LogP contribution is -2.42. The molecule has 162 valence electrons. The SMILES string of the molecule is Cc1nn(C2CCN(C(=O)OC(C)(C)C)CC2)c(C)c1B1OC(C)(C)C(C)(C)O1. The Morgan fingerprint density at radius 3 is 2.10 bits per heavy atom. The summed E-state index contributed by atoms with van der Waals surface area (Å²) < 4.78 is 20.1. The van der Waals surface area contributed by atoms with Crippen molar-refractivity contribution in [2.75, 3.05) is 13.1 Å². The summed E-state index contributed by atoms with van der Waals surface area (Å²) in [6.45, 7) is 19.4. The van der Waals surface area contributed by atoms with Gasteiger partial charge < -0.3 is 18.9 Å². The molecule has 8 heteroatoms. The van der Waals surface area contributed by atoms with Crippen LogP contribution in [0.3, 0.4) is 0 Å². The van der Waals surface area contributed by atoms with Gasteiger partial charge >= 0.3 is 13.2 Å². The molecule has 0 bridgehead atoms. The largest absolute Gasteiger partial charge is 0.498 e. The Hall–Kier alpha value is -1.54. The average molecular weight is 405 g/mol. The van der Waals surface area contributed by atoms with Gasteiger partial charge in [-0.3, -0.25) is 4.68 Å². The van der Waals surface area contributed by atoms with Crippen molar-refractivity contribution in [3.63, 3.8) is 0 Å². The van der Waals surface area contributed by atoms with Crippen molar-refractivity contribution in [3.8, 4) is 0 Å². The van der Waals surface area contributed by atoms with Crippen LogP contribution in [-0.4, -0.2) is 57.8 Å². The molecule has 2 fully saturated rings. The highest BCUT2D eigenvalue weighted by Gasteiger charge is 2.53. The molecular formula is C21H36BN3O4. The van der Waals surface area contributed by atoms with Crippen LogP contribution < -0.4 is 5.46 Å². The molecule has 0 atom stereocenters. The van der Waals surface area contributed by atoms with Crippen LogP contribution in [0.5, 0.6) is 0 Å². The van der Waals surface area contributed by atoms with E-state index in [0.717, 1.165) is 29.7 Å². The molecule has 7 nitrogen and oxygen atoms in total. The quantitative estimate of drug-likeness (QED) is 0.706. The van der Waals surface area contributed by atoms with Crippen LogP contribution in [0.2, 0.25) is 0 Å². The van der Waals surface area contributed by atoms with Gasteiger partial charge in [-0.1, -0.05) is 0 Å². The van der Waals surface area contributed by atoms with Gasteiger partial charge in [0.2, 0.25) is 0 Å². The highest BCUT2D eigenvalue weighted by molar-refractivity contribution is 6.63. The monoisotopic (exact) mass is 405 g/mol. The summed E-state index contributed by atoms with van der Waals surface area (Å²) in [5.41, 5.74) is 1.82. The van der Waals surface area contributed by atoms with Crippen LogP contribution in [0.15, 0.2) is 0 Å². The molecule has 0 saturated carbocycles. The predicted molar refractivity (Wildman–Crippen MR) is 113 cm³/mol. The van der Waals surface area contributed by atoms with Gasteiger partial charge in [0.05, 0.1) is 22.9 Å². The van der Waals surface area contributed by atoms with Crippen molar-refractivity contribution in [2.45, 2.75) is 98.0 Å². The van der Waals surface area contributed by atoms with Gasteiger partial charge in [0.25, 0.3) is 0 Å². The summed E-state index contributed by atoms with van der Waals surface area (Å²) in [5.74, 6) is 0. The molecule has 29 heavy (non-hydrogen) atoms. The van der Waals surface area contributed by atoms with Gasteiger partial charge in [-0.05, 0) is 75.2 Å². The Bertz CT molecular complexity index is 758. The van der Waals surface area contributed by atoms with Gasteiger partial charge in [-0.25, -0.2) is 4.79 Å². The minimum absolute atomic E-state index is 0.234. The van der Waals surface area contributed by atoms with Crippen LogP contribution >= 0.6 is 0 Å². The van der Waals surface area contributed by atoms with E-state index >= 15 is 0 Å². The van der Waals surface area contributed by atoms with Gasteiger partial charge in [0, 0.05) is 24.2 Å². The lowest BCUT2D eigenvalue weighted by molar-refractivity contribution is 0.00578. The number of aromatic nitrogens is 2. The zero-order valence-corrected chi connectivity index (χ0v) is 19.5. The molecule has 1 aromatic rings. The number of hydrogen-bond acceptors (Lipinski definition) is 5. The first kappa shape index (κ1) is 22.2. The fraction of sp³-hybridized carbons (Fsp3) is 0.810. The topological polar surface area (TPSA) is 65.8 Å². The van der Waals surface area contributed by atoms with Gasteiger partial charge in [-0.2, -0.15) is 5.10 Å². The van der Waals surface area contributed by atoms with Crippen LogP contribution in [0, 0.1) is 13.8 Å². The Morgan fingerprint density at radius 1 is 1.10 bits per heavy atom. The Balaban J connectivity index is 1.71. The first-order valence-corrected chi connectivity index (χ1v) is 10.6. The Morgan fingerprint density at radius 2 is 1.62 bits per heavy atom. The number of amides is 1. The number of hydrogen-bond donors (Lipinski definition) is 0. The second kappa shape index (κ2) is 7.31. The van der Waals surface area contributed by atoms with Crippen molar-refractivity contribution < 1.29 is 18.8 Å².